The number of carbonyl (C=O) groups excluding carboxylic acids is 4. The molecule has 1 saturated heterocycles. The van der Waals surface area contributed by atoms with Crippen LogP contribution in [0.25, 0.3) is 16.8 Å². The van der Waals surface area contributed by atoms with Crippen molar-refractivity contribution in [2.75, 3.05) is 12.0 Å². The van der Waals surface area contributed by atoms with E-state index in [-0.39, 0.29) is 44.8 Å². The smallest absolute Gasteiger partial charge is 0.337 e. The van der Waals surface area contributed by atoms with Gasteiger partial charge in [0.2, 0.25) is 0 Å². The number of urea groups is 1. The van der Waals surface area contributed by atoms with Crippen LogP contribution in [0.1, 0.15) is 21.5 Å². The van der Waals surface area contributed by atoms with E-state index >= 15 is 0 Å². The third-order valence-corrected chi connectivity index (χ3v) is 6.74. The third-order valence-electron chi connectivity index (χ3n) is 6.24. The number of methoxy groups -OCH3 is 1. The van der Waals surface area contributed by atoms with Crippen LogP contribution in [-0.4, -0.2) is 30.9 Å². The molecule has 0 unspecified atom stereocenters. The summed E-state index contributed by atoms with van der Waals surface area (Å²) in [5.41, 5.74) is 1.20. The van der Waals surface area contributed by atoms with Crippen molar-refractivity contribution in [3.8, 4) is 5.75 Å². The van der Waals surface area contributed by atoms with Gasteiger partial charge in [-0.3, -0.25) is 14.9 Å². The number of benzene rings is 4. The number of anilines is 1. The SMILES string of the molecule is COC(=O)c1ccc(N2C(=O)NC(=O)/C(=C\c3cc(Cl)cc(Cl)c3OCc3cccc4ccccc34)C2=O)cc1. The highest BCUT2D eigenvalue weighted by Gasteiger charge is 2.37. The van der Waals surface area contributed by atoms with E-state index in [1.165, 1.54) is 49.6 Å². The zero-order chi connectivity index (χ0) is 28.4. The normalized spacial score (nSPS) is 14.4. The molecule has 4 aromatic rings. The molecule has 40 heavy (non-hydrogen) atoms. The summed E-state index contributed by atoms with van der Waals surface area (Å²) in [7, 11) is 1.24. The molecule has 1 N–H and O–H groups in total. The van der Waals surface area contributed by atoms with Gasteiger partial charge in [0.25, 0.3) is 11.8 Å². The van der Waals surface area contributed by atoms with Gasteiger partial charge in [-0.15, -0.1) is 0 Å². The molecule has 0 atom stereocenters. The molecule has 0 aliphatic carbocycles. The Labute approximate surface area is 238 Å². The summed E-state index contributed by atoms with van der Waals surface area (Å²) >= 11 is 12.7. The van der Waals surface area contributed by atoms with E-state index in [0.29, 0.717) is 0 Å². The maximum Gasteiger partial charge on any atom is 0.337 e. The average molecular weight is 575 g/mol. The minimum absolute atomic E-state index is 0.144. The summed E-state index contributed by atoms with van der Waals surface area (Å²) < 4.78 is 10.8. The molecule has 10 heteroatoms. The Bertz CT molecular complexity index is 1710. The Morgan fingerprint density at radius 2 is 1.68 bits per heavy atom. The van der Waals surface area contributed by atoms with Crippen molar-refractivity contribution in [1.29, 1.82) is 0 Å². The van der Waals surface area contributed by atoms with Crippen molar-refractivity contribution in [3.63, 3.8) is 0 Å². The van der Waals surface area contributed by atoms with Gasteiger partial charge in [0.15, 0.2) is 0 Å². The van der Waals surface area contributed by atoms with Crippen LogP contribution in [0.5, 0.6) is 5.75 Å². The van der Waals surface area contributed by atoms with Crippen LogP contribution in [0.4, 0.5) is 10.5 Å². The molecular formula is C30H20Cl2N2O6. The topological polar surface area (TPSA) is 102 Å². The lowest BCUT2D eigenvalue weighted by Crippen LogP contribution is -2.54. The van der Waals surface area contributed by atoms with Crippen molar-refractivity contribution in [2.24, 2.45) is 0 Å². The molecule has 200 valence electrons. The maximum atomic E-state index is 13.4. The Morgan fingerprint density at radius 3 is 2.42 bits per heavy atom. The van der Waals surface area contributed by atoms with Gasteiger partial charge in [0.1, 0.15) is 17.9 Å². The molecule has 1 heterocycles. The van der Waals surface area contributed by atoms with Gasteiger partial charge in [-0.05, 0) is 58.8 Å². The standard InChI is InChI=1S/C30H20Cl2N2O6/c1-39-29(37)18-9-11-22(12-10-18)34-28(36)24(27(35)33-30(34)38)14-20-13-21(31)15-25(32)26(20)40-16-19-7-4-6-17-5-2-3-8-23(17)19/h2-15H,16H2,1H3,(H,33,35,38)/b24-14+. The molecular weight excluding hydrogens is 555 g/mol. The van der Waals surface area contributed by atoms with Gasteiger partial charge >= 0.3 is 12.0 Å². The van der Waals surface area contributed by atoms with Crippen molar-refractivity contribution in [2.45, 2.75) is 6.61 Å². The Morgan fingerprint density at radius 1 is 0.950 bits per heavy atom. The second kappa shape index (κ2) is 11.2. The van der Waals surface area contributed by atoms with Crippen LogP contribution in [-0.2, 0) is 20.9 Å². The lowest BCUT2D eigenvalue weighted by Gasteiger charge is -2.26. The molecule has 0 aromatic heterocycles. The lowest BCUT2D eigenvalue weighted by molar-refractivity contribution is -0.122. The number of rotatable bonds is 6. The molecule has 5 rings (SSSR count). The number of barbiturate groups is 1. The van der Waals surface area contributed by atoms with Gasteiger partial charge in [-0.1, -0.05) is 65.7 Å². The van der Waals surface area contributed by atoms with E-state index in [2.05, 4.69) is 10.1 Å². The number of hydrogen-bond acceptors (Lipinski definition) is 6. The highest BCUT2D eigenvalue weighted by Crippen LogP contribution is 2.36. The Hall–Kier alpha value is -4.66. The third kappa shape index (κ3) is 5.27. The average Bonchev–Trinajstić information content (AvgIpc) is 2.94. The molecule has 0 spiro atoms. The number of nitrogens with one attached hydrogen (secondary N) is 1. The molecule has 0 saturated carbocycles. The summed E-state index contributed by atoms with van der Waals surface area (Å²) in [5, 5.41) is 4.64. The lowest BCUT2D eigenvalue weighted by atomic mass is 10.0. The summed E-state index contributed by atoms with van der Waals surface area (Å²) in [6.07, 6.45) is 1.27. The van der Waals surface area contributed by atoms with Gasteiger partial charge in [0.05, 0.1) is 23.4 Å². The number of carbonyl (C=O) groups is 4. The summed E-state index contributed by atoms with van der Waals surface area (Å²) in [5.74, 6) is -2.15. The van der Waals surface area contributed by atoms with Crippen molar-refractivity contribution >= 4 is 69.6 Å². The number of hydrogen-bond donors (Lipinski definition) is 1. The van der Waals surface area contributed by atoms with Crippen molar-refractivity contribution < 1.29 is 28.7 Å². The molecule has 0 radical (unpaired) electrons. The van der Waals surface area contributed by atoms with Gasteiger partial charge in [-0.25, -0.2) is 14.5 Å². The van der Waals surface area contributed by atoms with E-state index in [0.717, 1.165) is 21.2 Å². The Balaban J connectivity index is 1.49. The monoisotopic (exact) mass is 574 g/mol. The van der Waals surface area contributed by atoms with Crippen LogP contribution < -0.4 is 15.0 Å². The molecule has 0 bridgehead atoms. The molecule has 4 aromatic carbocycles. The van der Waals surface area contributed by atoms with E-state index in [1.54, 1.807) is 0 Å². The first-order chi connectivity index (χ1) is 19.3. The number of imide groups is 2. The van der Waals surface area contributed by atoms with E-state index < -0.39 is 23.8 Å². The van der Waals surface area contributed by atoms with E-state index in [1.807, 2.05) is 42.5 Å². The first-order valence-corrected chi connectivity index (χ1v) is 12.7. The van der Waals surface area contributed by atoms with Crippen LogP contribution in [0.2, 0.25) is 10.0 Å². The van der Waals surface area contributed by atoms with E-state index in [4.69, 9.17) is 27.9 Å². The second-order valence-corrected chi connectivity index (χ2v) is 9.57. The molecule has 8 nitrogen and oxygen atoms in total. The van der Waals surface area contributed by atoms with E-state index in [9.17, 15) is 19.2 Å². The van der Waals surface area contributed by atoms with Crippen LogP contribution in [0.15, 0.2) is 84.4 Å². The Kier molecular flexibility index (Phi) is 7.55. The zero-order valence-corrected chi connectivity index (χ0v) is 22.5. The number of fused-ring (bicyclic) bond motifs is 1. The largest absolute Gasteiger partial charge is 0.487 e. The fraction of sp³-hybridized carbons (Fsp3) is 0.0667. The van der Waals surface area contributed by atoms with Crippen LogP contribution >= 0.6 is 23.2 Å². The van der Waals surface area contributed by atoms with Crippen molar-refractivity contribution in [3.05, 3.63) is 111 Å². The maximum absolute atomic E-state index is 13.4. The fourth-order valence-electron chi connectivity index (χ4n) is 4.32. The fourth-order valence-corrected chi connectivity index (χ4v) is 4.88. The molecule has 1 aliphatic heterocycles. The molecule has 1 aliphatic rings. The number of ether oxygens (including phenoxy) is 2. The zero-order valence-electron chi connectivity index (χ0n) is 20.9. The predicted molar refractivity (Wildman–Crippen MR) is 152 cm³/mol. The first-order valence-electron chi connectivity index (χ1n) is 11.9. The summed E-state index contributed by atoms with van der Waals surface area (Å²) in [6, 6.07) is 21.3. The van der Waals surface area contributed by atoms with Crippen molar-refractivity contribution in [1.82, 2.24) is 5.32 Å². The van der Waals surface area contributed by atoms with Crippen LogP contribution in [0, 0.1) is 0 Å². The number of esters is 1. The number of nitrogens with zero attached hydrogens (tertiary/aromatic N) is 1. The minimum Gasteiger partial charge on any atom is -0.487 e. The van der Waals surface area contributed by atoms with Gasteiger partial charge in [-0.2, -0.15) is 0 Å². The highest BCUT2D eigenvalue weighted by atomic mass is 35.5. The second-order valence-electron chi connectivity index (χ2n) is 8.73. The van der Waals surface area contributed by atoms with Gasteiger partial charge < -0.3 is 9.47 Å². The van der Waals surface area contributed by atoms with Gasteiger partial charge in [0, 0.05) is 10.6 Å². The predicted octanol–water partition coefficient (Wildman–Crippen LogP) is 6.18. The number of amides is 4. The molecule has 4 amide bonds. The highest BCUT2D eigenvalue weighted by molar-refractivity contribution is 6.40. The first kappa shape index (κ1) is 26.9. The quantitative estimate of drug-likeness (QED) is 0.167. The van der Waals surface area contributed by atoms with Crippen LogP contribution in [0.3, 0.4) is 0 Å². The molecule has 1 fully saturated rings. The number of halogens is 2. The summed E-state index contributed by atoms with van der Waals surface area (Å²) in [4.78, 5) is 51.3. The summed E-state index contributed by atoms with van der Waals surface area (Å²) in [6.45, 7) is 0.149. The minimum atomic E-state index is -0.936.